The lowest BCUT2D eigenvalue weighted by molar-refractivity contribution is 0.170. The Morgan fingerprint density at radius 1 is 1.43 bits per heavy atom. The smallest absolute Gasteiger partial charge is 0.148 e. The summed E-state index contributed by atoms with van der Waals surface area (Å²) in [4.78, 5) is 0. The quantitative estimate of drug-likeness (QED) is 0.652. The molecule has 1 aromatic heterocycles. The Labute approximate surface area is 83.3 Å². The molecule has 4 N–H and O–H groups in total. The molecule has 0 aromatic carbocycles. The maximum atomic E-state index is 9.02. The van der Waals surface area contributed by atoms with E-state index in [9.17, 15) is 0 Å². The lowest BCUT2D eigenvalue weighted by Crippen LogP contribution is -2.27. The molecule has 0 aliphatic rings. The van der Waals surface area contributed by atoms with E-state index in [0.29, 0.717) is 18.2 Å². The normalized spacial score (nSPS) is 11.4. The van der Waals surface area contributed by atoms with Gasteiger partial charge in [-0.2, -0.15) is 0 Å². The minimum atomic E-state index is -0.164. The van der Waals surface area contributed by atoms with Crippen molar-refractivity contribution in [3.05, 3.63) is 12.1 Å². The fourth-order valence-corrected chi connectivity index (χ4v) is 0.823. The molecule has 0 fully saturated rings. The van der Waals surface area contributed by atoms with Crippen molar-refractivity contribution in [1.82, 2.24) is 10.2 Å². The number of nitrogen functional groups attached to an aromatic ring is 1. The van der Waals surface area contributed by atoms with Crippen LogP contribution in [0.15, 0.2) is 12.1 Å². The van der Waals surface area contributed by atoms with Crippen LogP contribution in [-0.4, -0.2) is 28.5 Å². The molecular formula is C9H16N4O. The molecule has 1 heterocycles. The third kappa shape index (κ3) is 3.18. The summed E-state index contributed by atoms with van der Waals surface area (Å²) < 4.78 is 0. The Morgan fingerprint density at radius 2 is 2.14 bits per heavy atom. The van der Waals surface area contributed by atoms with Crippen LogP contribution in [0.2, 0.25) is 0 Å². The van der Waals surface area contributed by atoms with E-state index in [1.165, 1.54) is 0 Å². The Morgan fingerprint density at radius 3 is 2.64 bits per heavy atom. The van der Waals surface area contributed by atoms with Gasteiger partial charge in [0.2, 0.25) is 0 Å². The Hall–Kier alpha value is -1.36. The third-order valence-corrected chi connectivity index (χ3v) is 1.86. The zero-order chi connectivity index (χ0) is 10.6. The number of aromatic nitrogens is 2. The van der Waals surface area contributed by atoms with Crippen molar-refractivity contribution in [3.63, 3.8) is 0 Å². The Balaban J connectivity index is 2.50. The molecule has 0 saturated carbocycles. The Kier molecular flexibility index (Phi) is 3.24. The van der Waals surface area contributed by atoms with Crippen molar-refractivity contribution < 1.29 is 5.11 Å². The molecule has 1 rings (SSSR count). The second-order valence-corrected chi connectivity index (χ2v) is 4.02. The number of nitrogens with zero attached hydrogens (tertiary/aromatic N) is 2. The first-order valence-corrected chi connectivity index (χ1v) is 4.47. The first-order chi connectivity index (χ1) is 6.53. The minimum absolute atomic E-state index is 0.127. The lowest BCUT2D eigenvalue weighted by atomic mass is 9.95. The second-order valence-electron chi connectivity index (χ2n) is 4.02. The van der Waals surface area contributed by atoms with Crippen molar-refractivity contribution in [2.75, 3.05) is 24.2 Å². The Bertz CT molecular complexity index is 283. The highest BCUT2D eigenvalue weighted by atomic mass is 16.3. The van der Waals surface area contributed by atoms with Crippen molar-refractivity contribution in [2.45, 2.75) is 13.8 Å². The number of rotatable bonds is 4. The lowest BCUT2D eigenvalue weighted by Gasteiger charge is -2.21. The van der Waals surface area contributed by atoms with Gasteiger partial charge in [0.25, 0.3) is 0 Å². The number of aliphatic hydroxyl groups is 1. The fourth-order valence-electron chi connectivity index (χ4n) is 0.823. The molecule has 14 heavy (non-hydrogen) atoms. The predicted octanol–water partition coefficient (Wildman–Crippen LogP) is 0.489. The molecule has 0 spiro atoms. The maximum absolute atomic E-state index is 9.02. The summed E-state index contributed by atoms with van der Waals surface area (Å²) in [5, 5.41) is 19.7. The highest BCUT2D eigenvalue weighted by molar-refractivity contribution is 5.38. The molecule has 5 nitrogen and oxygen atoms in total. The molecule has 0 aliphatic carbocycles. The average molecular weight is 196 g/mol. The van der Waals surface area contributed by atoms with E-state index in [1.54, 1.807) is 12.1 Å². The average Bonchev–Trinajstić information content (AvgIpc) is 2.17. The zero-order valence-electron chi connectivity index (χ0n) is 8.49. The van der Waals surface area contributed by atoms with Gasteiger partial charge in [-0.15, -0.1) is 10.2 Å². The molecule has 5 heteroatoms. The van der Waals surface area contributed by atoms with E-state index < -0.39 is 0 Å². The molecule has 0 radical (unpaired) electrons. The molecule has 0 amide bonds. The van der Waals surface area contributed by atoms with Crippen LogP contribution in [0, 0.1) is 5.41 Å². The molecular weight excluding hydrogens is 180 g/mol. The van der Waals surface area contributed by atoms with Crippen molar-refractivity contribution >= 4 is 11.6 Å². The third-order valence-electron chi connectivity index (χ3n) is 1.86. The number of hydrogen-bond acceptors (Lipinski definition) is 5. The molecule has 1 aromatic rings. The molecule has 0 aliphatic heterocycles. The topological polar surface area (TPSA) is 84.1 Å². The van der Waals surface area contributed by atoms with E-state index in [0.717, 1.165) is 0 Å². The summed E-state index contributed by atoms with van der Waals surface area (Å²) >= 11 is 0. The highest BCUT2D eigenvalue weighted by Crippen LogP contribution is 2.14. The molecule has 0 bridgehead atoms. The van der Waals surface area contributed by atoms with Crippen LogP contribution in [0.25, 0.3) is 0 Å². The van der Waals surface area contributed by atoms with Crippen LogP contribution in [0.5, 0.6) is 0 Å². The van der Waals surface area contributed by atoms with Crippen LogP contribution >= 0.6 is 0 Å². The molecule has 0 atom stereocenters. The number of anilines is 2. The number of nitrogens with two attached hydrogens (primary N) is 1. The van der Waals surface area contributed by atoms with E-state index in [2.05, 4.69) is 15.5 Å². The van der Waals surface area contributed by atoms with E-state index in [-0.39, 0.29) is 12.0 Å². The van der Waals surface area contributed by atoms with Gasteiger partial charge >= 0.3 is 0 Å². The SMILES string of the molecule is CC(C)(CO)CNc1ccc(N)nn1. The van der Waals surface area contributed by atoms with Gasteiger partial charge in [-0.1, -0.05) is 13.8 Å². The monoisotopic (exact) mass is 196 g/mol. The highest BCUT2D eigenvalue weighted by Gasteiger charge is 2.15. The van der Waals surface area contributed by atoms with Crippen LogP contribution in [-0.2, 0) is 0 Å². The maximum Gasteiger partial charge on any atom is 0.148 e. The van der Waals surface area contributed by atoms with E-state index >= 15 is 0 Å². The largest absolute Gasteiger partial charge is 0.396 e. The van der Waals surface area contributed by atoms with Gasteiger partial charge in [0, 0.05) is 18.6 Å². The van der Waals surface area contributed by atoms with E-state index in [4.69, 9.17) is 10.8 Å². The summed E-state index contributed by atoms with van der Waals surface area (Å²) in [5.41, 5.74) is 5.23. The van der Waals surface area contributed by atoms with Gasteiger partial charge in [-0.25, -0.2) is 0 Å². The fraction of sp³-hybridized carbons (Fsp3) is 0.556. The van der Waals surface area contributed by atoms with Crippen LogP contribution in [0.4, 0.5) is 11.6 Å². The summed E-state index contributed by atoms with van der Waals surface area (Å²) in [6, 6.07) is 3.44. The summed E-state index contributed by atoms with van der Waals surface area (Å²) in [6.45, 7) is 4.69. The van der Waals surface area contributed by atoms with Gasteiger partial charge < -0.3 is 16.2 Å². The summed E-state index contributed by atoms with van der Waals surface area (Å²) in [7, 11) is 0. The van der Waals surface area contributed by atoms with Crippen molar-refractivity contribution in [2.24, 2.45) is 5.41 Å². The van der Waals surface area contributed by atoms with Crippen LogP contribution < -0.4 is 11.1 Å². The first kappa shape index (κ1) is 10.7. The standard InChI is InChI=1S/C9H16N4O/c1-9(2,6-14)5-11-8-4-3-7(10)12-13-8/h3-4,14H,5-6H2,1-2H3,(H2,10,12)(H,11,13). The number of aliphatic hydroxyl groups excluding tert-OH is 1. The second kappa shape index (κ2) is 4.23. The molecule has 0 saturated heterocycles. The van der Waals surface area contributed by atoms with Crippen molar-refractivity contribution in [3.8, 4) is 0 Å². The number of nitrogens with one attached hydrogen (secondary N) is 1. The molecule has 0 unspecified atom stereocenters. The minimum Gasteiger partial charge on any atom is -0.396 e. The van der Waals surface area contributed by atoms with Gasteiger partial charge in [0.1, 0.15) is 11.6 Å². The van der Waals surface area contributed by atoms with Gasteiger partial charge in [-0.05, 0) is 12.1 Å². The zero-order valence-corrected chi connectivity index (χ0v) is 8.49. The summed E-state index contributed by atoms with van der Waals surface area (Å²) in [6.07, 6.45) is 0. The summed E-state index contributed by atoms with van der Waals surface area (Å²) in [5.74, 6) is 1.07. The van der Waals surface area contributed by atoms with Crippen LogP contribution in [0.1, 0.15) is 13.8 Å². The van der Waals surface area contributed by atoms with Gasteiger partial charge in [-0.3, -0.25) is 0 Å². The van der Waals surface area contributed by atoms with Crippen LogP contribution in [0.3, 0.4) is 0 Å². The van der Waals surface area contributed by atoms with Gasteiger partial charge in [0.15, 0.2) is 0 Å². The first-order valence-electron chi connectivity index (χ1n) is 4.47. The van der Waals surface area contributed by atoms with Gasteiger partial charge in [0.05, 0.1) is 0 Å². The van der Waals surface area contributed by atoms with E-state index in [1.807, 2.05) is 13.8 Å². The molecule has 78 valence electrons. The van der Waals surface area contributed by atoms with Crippen molar-refractivity contribution in [1.29, 1.82) is 0 Å². The number of hydrogen-bond donors (Lipinski definition) is 3. The predicted molar refractivity (Wildman–Crippen MR) is 55.8 cm³/mol.